The number of benzene rings is 4. The van der Waals surface area contributed by atoms with Crippen molar-refractivity contribution >= 4 is 98.2 Å². The molecule has 0 saturated carbocycles. The Morgan fingerprint density at radius 3 is 1.14 bits per heavy atom. The molecule has 6 unspecified atom stereocenters. The van der Waals surface area contributed by atoms with Crippen LogP contribution in [0.5, 0.6) is 0 Å². The maximum Gasteiger partial charge on any atom is 0.408 e. The summed E-state index contributed by atoms with van der Waals surface area (Å²) in [5.41, 5.74) is 44.1. The SMILES string of the molecule is COC(=O)C(CCCN=C(N)N)NC(=O)C(Cc1c[nH]c2ccccc12)NC(=O)OCc1ccccc1.COC(=O)C(CCCN=C(N)N)NC(=O)C(Cc1c[nH]c2ccccc12)NC(C)=O.COC(=O)C(CCCN=C(N)N)NC(=O)C(N)Cc1c[nH]c2ccccc12. The summed E-state index contributed by atoms with van der Waals surface area (Å²) < 4.78 is 19.7. The molecule has 0 radical (unpaired) electrons. The fourth-order valence-electron chi connectivity index (χ4n) is 9.75. The Morgan fingerprint density at radius 1 is 0.436 bits per heavy atom. The van der Waals surface area contributed by atoms with Gasteiger partial charge in [0, 0.05) is 90.7 Å². The number of aliphatic imine (C=N–C) groups is 3. The summed E-state index contributed by atoms with van der Waals surface area (Å²) in [5.74, 6) is -3.66. The highest BCUT2D eigenvalue weighted by Gasteiger charge is 2.31. The molecule has 22 N–H and O–H groups in total. The van der Waals surface area contributed by atoms with E-state index in [9.17, 15) is 38.4 Å². The van der Waals surface area contributed by atoms with Crippen molar-refractivity contribution in [2.75, 3.05) is 41.0 Å². The average Bonchev–Trinajstić information content (AvgIpc) is 1.73. The summed E-state index contributed by atoms with van der Waals surface area (Å²) in [6, 6.07) is 27.0. The van der Waals surface area contributed by atoms with E-state index in [1.165, 1.54) is 28.3 Å². The molecular weight excluding hydrogens is 1210 g/mol. The third-order valence-electron chi connectivity index (χ3n) is 14.4. The van der Waals surface area contributed by atoms with E-state index >= 15 is 0 Å². The van der Waals surface area contributed by atoms with Gasteiger partial charge in [-0.05, 0) is 85.4 Å². The molecule has 30 nitrogen and oxygen atoms in total. The van der Waals surface area contributed by atoms with E-state index < -0.39 is 78.0 Å². The van der Waals surface area contributed by atoms with E-state index in [1.54, 1.807) is 12.4 Å². The second-order valence-corrected chi connectivity index (χ2v) is 21.4. The molecule has 5 amide bonds. The number of aromatic amines is 3. The number of fused-ring (bicyclic) bond motifs is 3. The molecule has 0 bridgehead atoms. The van der Waals surface area contributed by atoms with Crippen LogP contribution in [-0.2, 0) is 78.4 Å². The maximum absolute atomic E-state index is 13.3. The lowest BCUT2D eigenvalue weighted by atomic mass is 10.0. The summed E-state index contributed by atoms with van der Waals surface area (Å²) in [6.07, 6.45) is 7.72. The van der Waals surface area contributed by atoms with Crippen LogP contribution in [0.1, 0.15) is 67.7 Å². The number of carbonyl (C=O) groups excluding carboxylic acids is 8. The second-order valence-electron chi connectivity index (χ2n) is 21.4. The number of guanidine groups is 3. The number of aromatic nitrogens is 3. The standard InChI is InChI=1S/C26H32N6O5.C20H28N6O4.C18H26N6O3/c1-36-24(34)21(12-7-13-29-25(27)28)31-23(33)22(14-18-15-30-20-11-6-5-10-19(18)20)32-26(35)37-16-17-8-3-2-4-9-17;1-12(27)25-17(10-13-11-24-15-7-4-3-6-14(13)15)18(28)26-16(19(29)30-2)8-5-9-23-20(21)22;1-27-17(26)15(7-4-8-22-18(20)21)24-16(25)13(19)9-11-10-23-14-6-3-2-5-12(11)14/h2-6,8-11,15,21-22,30H,7,12-14,16H2,1H3,(H,31,33)(H,32,35)(H4,27,28,29);3-4,6-7,11,16-17,24H,5,8-10H2,1-2H3,(H,25,27)(H,26,28)(H4,21,22,23);2-3,5-6,10,13,15,23H,4,7-9,19H2,1H3,(H,24,25)(H4,20,21,22). The van der Waals surface area contributed by atoms with Crippen molar-refractivity contribution in [3.63, 3.8) is 0 Å². The molecule has 30 heteroatoms. The number of hydrogen-bond acceptors (Lipinski definition) is 16. The number of alkyl carbamates (subject to hydrolysis) is 1. The highest BCUT2D eigenvalue weighted by molar-refractivity contribution is 5.93. The predicted molar refractivity (Wildman–Crippen MR) is 357 cm³/mol. The van der Waals surface area contributed by atoms with Crippen molar-refractivity contribution in [1.82, 2.24) is 41.5 Å². The average molecular weight is 1300 g/mol. The third-order valence-corrected chi connectivity index (χ3v) is 14.4. The fraction of sp³-hybridized carbons (Fsp3) is 0.359. The lowest BCUT2D eigenvalue weighted by Gasteiger charge is -2.22. The lowest BCUT2D eigenvalue weighted by molar-refractivity contribution is -0.146. The number of para-hydroxylation sites is 3. The largest absolute Gasteiger partial charge is 0.467 e. The summed E-state index contributed by atoms with van der Waals surface area (Å²) in [5, 5.41) is 16.2. The number of nitrogens with zero attached hydrogens (tertiary/aromatic N) is 3. The Hall–Kier alpha value is -11.2. The Labute approximate surface area is 542 Å². The molecule has 7 aromatic rings. The van der Waals surface area contributed by atoms with Gasteiger partial charge in [0.05, 0.1) is 27.4 Å². The molecule has 6 atom stereocenters. The van der Waals surface area contributed by atoms with Crippen molar-refractivity contribution in [2.45, 2.75) is 108 Å². The predicted octanol–water partition coefficient (Wildman–Crippen LogP) is 1.39. The van der Waals surface area contributed by atoms with Crippen molar-refractivity contribution in [3.05, 3.63) is 144 Å². The summed E-state index contributed by atoms with van der Waals surface area (Å²) in [4.78, 5) is 120. The second kappa shape index (κ2) is 38.5. The van der Waals surface area contributed by atoms with E-state index in [0.717, 1.165) is 55.0 Å². The smallest absolute Gasteiger partial charge is 0.408 e. The first-order chi connectivity index (χ1) is 45.1. The van der Waals surface area contributed by atoms with E-state index in [4.69, 9.17) is 59.1 Å². The minimum absolute atomic E-state index is 0.0191. The maximum atomic E-state index is 13.3. The number of methoxy groups -OCH3 is 3. The zero-order valence-electron chi connectivity index (χ0n) is 53.0. The number of carbonyl (C=O) groups is 8. The van der Waals surface area contributed by atoms with Gasteiger partial charge in [0.15, 0.2) is 17.9 Å². The highest BCUT2D eigenvalue weighted by Crippen LogP contribution is 2.22. The number of nitrogens with two attached hydrogens (primary N) is 7. The molecule has 4 aromatic carbocycles. The van der Waals surface area contributed by atoms with Gasteiger partial charge >= 0.3 is 24.0 Å². The zero-order chi connectivity index (χ0) is 68.5. The van der Waals surface area contributed by atoms with Crippen LogP contribution in [0.15, 0.2) is 137 Å². The van der Waals surface area contributed by atoms with Crippen LogP contribution >= 0.6 is 0 Å². The molecule has 0 spiro atoms. The number of nitrogens with one attached hydrogen (secondary N) is 8. The zero-order valence-corrected chi connectivity index (χ0v) is 53.0. The number of amides is 5. The fourth-order valence-corrected chi connectivity index (χ4v) is 9.75. The van der Waals surface area contributed by atoms with Gasteiger partial charge in [0.1, 0.15) is 36.8 Å². The molecule has 0 aliphatic rings. The summed E-state index contributed by atoms with van der Waals surface area (Å²) >= 11 is 0. The first kappa shape index (κ1) is 73.6. The molecule has 0 fully saturated rings. The number of hydrogen-bond donors (Lipinski definition) is 15. The van der Waals surface area contributed by atoms with Crippen LogP contribution in [0, 0.1) is 0 Å². The Kier molecular flexibility index (Phi) is 30.1. The first-order valence-corrected chi connectivity index (χ1v) is 30.1. The number of H-pyrrole nitrogens is 3. The minimum atomic E-state index is -1.02. The molecule has 0 aliphatic heterocycles. The van der Waals surface area contributed by atoms with Crippen molar-refractivity contribution in [2.24, 2.45) is 55.1 Å². The van der Waals surface area contributed by atoms with Gasteiger partial charge in [-0.3, -0.25) is 34.2 Å². The molecule has 3 heterocycles. The van der Waals surface area contributed by atoms with Crippen LogP contribution < -0.4 is 66.7 Å². The van der Waals surface area contributed by atoms with Gasteiger partial charge in [0.25, 0.3) is 0 Å². The molecule has 94 heavy (non-hydrogen) atoms. The Balaban J connectivity index is 0.000000259. The highest BCUT2D eigenvalue weighted by atomic mass is 16.6. The quantitative estimate of drug-likeness (QED) is 0.00960. The van der Waals surface area contributed by atoms with Gasteiger partial charge < -0.3 is 101 Å². The topological polar surface area (TPSA) is 500 Å². The Morgan fingerprint density at radius 2 is 0.777 bits per heavy atom. The normalized spacial score (nSPS) is 12.6. The van der Waals surface area contributed by atoms with Gasteiger partial charge in [-0.25, -0.2) is 19.2 Å². The number of ether oxygens (including phenoxy) is 4. The van der Waals surface area contributed by atoms with E-state index in [1.807, 2.05) is 109 Å². The van der Waals surface area contributed by atoms with Crippen LogP contribution in [0.3, 0.4) is 0 Å². The van der Waals surface area contributed by atoms with Crippen LogP contribution in [-0.4, -0.2) is 158 Å². The van der Waals surface area contributed by atoms with Gasteiger partial charge in [-0.15, -0.1) is 0 Å². The van der Waals surface area contributed by atoms with Gasteiger partial charge in [-0.1, -0.05) is 84.9 Å². The Bertz CT molecular complexity index is 3700. The van der Waals surface area contributed by atoms with Gasteiger partial charge in [-0.2, -0.15) is 0 Å². The number of rotatable bonds is 31. The third kappa shape index (κ3) is 24.6. The molecular formula is C64H86N18O12. The monoisotopic (exact) mass is 1300 g/mol. The summed E-state index contributed by atoms with van der Waals surface area (Å²) in [7, 11) is 3.75. The lowest BCUT2D eigenvalue weighted by Crippen LogP contribution is -2.52. The van der Waals surface area contributed by atoms with E-state index in [2.05, 4.69) is 56.5 Å². The minimum Gasteiger partial charge on any atom is -0.467 e. The van der Waals surface area contributed by atoms with Crippen LogP contribution in [0.2, 0.25) is 0 Å². The van der Waals surface area contributed by atoms with Crippen LogP contribution in [0.25, 0.3) is 32.7 Å². The molecule has 0 saturated heterocycles. The van der Waals surface area contributed by atoms with Crippen molar-refractivity contribution in [1.29, 1.82) is 0 Å². The van der Waals surface area contributed by atoms with Gasteiger partial charge in [0.2, 0.25) is 23.6 Å². The number of esters is 3. The molecule has 7 rings (SSSR count). The van der Waals surface area contributed by atoms with Crippen LogP contribution in [0.4, 0.5) is 4.79 Å². The molecule has 504 valence electrons. The van der Waals surface area contributed by atoms with E-state index in [0.29, 0.717) is 45.2 Å². The first-order valence-electron chi connectivity index (χ1n) is 30.1. The molecule has 0 aliphatic carbocycles. The van der Waals surface area contributed by atoms with E-state index in [-0.39, 0.29) is 62.6 Å². The van der Waals surface area contributed by atoms with Crippen molar-refractivity contribution < 1.29 is 57.3 Å². The molecule has 3 aromatic heterocycles. The van der Waals surface area contributed by atoms with Crippen molar-refractivity contribution in [3.8, 4) is 0 Å². The summed E-state index contributed by atoms with van der Waals surface area (Å²) in [6.45, 7) is 2.34.